The molecule has 2 N–H and O–H groups in total. The minimum Gasteiger partial charge on any atom is -0.481 e. The van der Waals surface area contributed by atoms with Crippen molar-refractivity contribution >= 4 is 11.9 Å². The van der Waals surface area contributed by atoms with E-state index in [-0.39, 0.29) is 12.3 Å². The van der Waals surface area contributed by atoms with Crippen LogP contribution in [0.5, 0.6) is 0 Å². The molecule has 1 aromatic carbocycles. The van der Waals surface area contributed by atoms with E-state index in [1.807, 2.05) is 37.3 Å². The number of carboxylic acid groups (broad SMARTS) is 1. The molecule has 2 rings (SSSR count). The van der Waals surface area contributed by atoms with Crippen LogP contribution in [0.1, 0.15) is 42.7 Å². The molecule has 6 heteroatoms. The molecular weight excluding hydrogens is 294 g/mol. The first-order chi connectivity index (χ1) is 11.0. The largest absolute Gasteiger partial charge is 0.481 e. The van der Waals surface area contributed by atoms with Crippen molar-refractivity contribution in [3.8, 4) is 5.69 Å². The van der Waals surface area contributed by atoms with Gasteiger partial charge in [0.15, 0.2) is 0 Å². The fraction of sp³-hybridized carbons (Fsp3) is 0.353. The van der Waals surface area contributed by atoms with Crippen LogP contribution < -0.4 is 5.32 Å². The molecule has 23 heavy (non-hydrogen) atoms. The van der Waals surface area contributed by atoms with Gasteiger partial charge in [-0.1, -0.05) is 31.5 Å². The first-order valence-electron chi connectivity index (χ1n) is 7.68. The number of para-hydroxylation sites is 1. The summed E-state index contributed by atoms with van der Waals surface area (Å²) >= 11 is 0. The third kappa shape index (κ3) is 4.18. The van der Waals surface area contributed by atoms with Crippen molar-refractivity contribution < 1.29 is 14.7 Å². The van der Waals surface area contributed by atoms with Crippen LogP contribution in [0.3, 0.4) is 0 Å². The quantitative estimate of drug-likeness (QED) is 0.822. The third-order valence-electron chi connectivity index (χ3n) is 3.46. The Morgan fingerprint density at radius 1 is 1.30 bits per heavy atom. The van der Waals surface area contributed by atoms with Crippen molar-refractivity contribution in [3.05, 3.63) is 47.8 Å². The van der Waals surface area contributed by atoms with Crippen molar-refractivity contribution in [2.24, 2.45) is 0 Å². The molecule has 1 unspecified atom stereocenters. The predicted octanol–water partition coefficient (Wildman–Crippen LogP) is 2.42. The summed E-state index contributed by atoms with van der Waals surface area (Å²) in [6.07, 6.45) is 3.02. The Morgan fingerprint density at radius 2 is 2.00 bits per heavy atom. The molecule has 1 heterocycles. The number of hydrogen-bond acceptors (Lipinski definition) is 3. The number of carboxylic acids is 1. The molecule has 0 aliphatic heterocycles. The van der Waals surface area contributed by atoms with Crippen LogP contribution in [0, 0.1) is 0 Å². The van der Waals surface area contributed by atoms with Gasteiger partial charge in [0.1, 0.15) is 0 Å². The predicted molar refractivity (Wildman–Crippen MR) is 86.7 cm³/mol. The highest BCUT2D eigenvalue weighted by Gasteiger charge is 2.20. The summed E-state index contributed by atoms with van der Waals surface area (Å²) in [5.74, 6) is -1.23. The first-order valence-corrected chi connectivity index (χ1v) is 7.68. The lowest BCUT2D eigenvalue weighted by molar-refractivity contribution is -0.137. The number of nitrogens with one attached hydrogen (secondary N) is 1. The van der Waals surface area contributed by atoms with E-state index in [0.717, 1.165) is 17.8 Å². The lowest BCUT2D eigenvalue weighted by Crippen LogP contribution is -2.34. The van der Waals surface area contributed by atoms with Gasteiger partial charge < -0.3 is 10.4 Å². The molecule has 0 saturated heterocycles. The van der Waals surface area contributed by atoms with Gasteiger partial charge in [-0.2, -0.15) is 5.10 Å². The Kier molecular flexibility index (Phi) is 5.51. The summed E-state index contributed by atoms with van der Waals surface area (Å²) in [6, 6.07) is 9.19. The lowest BCUT2D eigenvalue weighted by atomic mass is 10.1. The van der Waals surface area contributed by atoms with Gasteiger partial charge >= 0.3 is 5.97 Å². The van der Waals surface area contributed by atoms with Crippen LogP contribution in [0.15, 0.2) is 36.5 Å². The minimum atomic E-state index is -0.938. The fourth-order valence-electron chi connectivity index (χ4n) is 2.45. The number of carbonyl (C=O) groups is 2. The fourth-order valence-corrected chi connectivity index (χ4v) is 2.45. The highest BCUT2D eigenvalue weighted by molar-refractivity contribution is 5.95. The topological polar surface area (TPSA) is 84.2 Å². The minimum absolute atomic E-state index is 0.109. The van der Waals surface area contributed by atoms with E-state index in [2.05, 4.69) is 10.4 Å². The van der Waals surface area contributed by atoms with Crippen molar-refractivity contribution in [3.63, 3.8) is 0 Å². The van der Waals surface area contributed by atoms with Gasteiger partial charge in [-0.15, -0.1) is 0 Å². The van der Waals surface area contributed by atoms with Crippen molar-refractivity contribution in [2.75, 3.05) is 0 Å². The number of benzene rings is 1. The van der Waals surface area contributed by atoms with Crippen molar-refractivity contribution in [1.29, 1.82) is 0 Å². The van der Waals surface area contributed by atoms with E-state index >= 15 is 0 Å². The summed E-state index contributed by atoms with van der Waals surface area (Å²) in [7, 11) is 0. The van der Waals surface area contributed by atoms with Crippen LogP contribution in [0.2, 0.25) is 0 Å². The second-order valence-electron chi connectivity index (χ2n) is 5.47. The highest BCUT2D eigenvalue weighted by Crippen LogP contribution is 2.17. The molecule has 6 nitrogen and oxygen atoms in total. The average Bonchev–Trinajstić information content (AvgIpc) is 2.91. The molecule has 0 aliphatic carbocycles. The molecule has 1 aromatic heterocycles. The van der Waals surface area contributed by atoms with Crippen LogP contribution in [-0.2, 0) is 11.2 Å². The normalized spacial score (nSPS) is 11.9. The number of hydrogen-bond donors (Lipinski definition) is 2. The van der Waals surface area contributed by atoms with Gasteiger partial charge in [0.25, 0.3) is 5.91 Å². The number of nitrogens with zero attached hydrogens (tertiary/aromatic N) is 2. The zero-order valence-electron chi connectivity index (χ0n) is 13.3. The summed E-state index contributed by atoms with van der Waals surface area (Å²) in [6.45, 7) is 3.71. The van der Waals surface area contributed by atoms with E-state index < -0.39 is 12.0 Å². The number of carbonyl (C=O) groups excluding carboxylic acids is 1. The molecule has 2 aromatic rings. The molecule has 122 valence electrons. The van der Waals surface area contributed by atoms with Gasteiger partial charge in [0.05, 0.1) is 29.6 Å². The smallest absolute Gasteiger partial charge is 0.305 e. The standard InChI is InChI=1S/C17H21N3O3/c1-3-7-15-14(17(23)19-12(2)10-16(21)22)11-18-20(15)13-8-5-4-6-9-13/h4-6,8-9,11-12H,3,7,10H2,1-2H3,(H,19,23)(H,21,22). The Labute approximate surface area is 135 Å². The highest BCUT2D eigenvalue weighted by atomic mass is 16.4. The number of amides is 1. The summed E-state index contributed by atoms with van der Waals surface area (Å²) < 4.78 is 1.76. The van der Waals surface area contributed by atoms with E-state index in [1.54, 1.807) is 17.8 Å². The van der Waals surface area contributed by atoms with Gasteiger partial charge in [-0.05, 0) is 25.5 Å². The van der Waals surface area contributed by atoms with Gasteiger partial charge in [-0.25, -0.2) is 4.68 Å². The lowest BCUT2D eigenvalue weighted by Gasteiger charge is -2.12. The number of aromatic nitrogens is 2. The van der Waals surface area contributed by atoms with Crippen LogP contribution >= 0.6 is 0 Å². The Hall–Kier alpha value is -2.63. The van der Waals surface area contributed by atoms with E-state index in [9.17, 15) is 9.59 Å². The van der Waals surface area contributed by atoms with E-state index in [1.165, 1.54) is 0 Å². The molecule has 0 spiro atoms. The Bertz CT molecular complexity index is 680. The maximum atomic E-state index is 12.4. The second-order valence-corrected chi connectivity index (χ2v) is 5.47. The monoisotopic (exact) mass is 315 g/mol. The maximum absolute atomic E-state index is 12.4. The van der Waals surface area contributed by atoms with Crippen LogP contribution in [0.25, 0.3) is 5.69 Å². The molecule has 0 aliphatic rings. The van der Waals surface area contributed by atoms with Crippen LogP contribution in [0.4, 0.5) is 0 Å². The van der Waals surface area contributed by atoms with E-state index in [0.29, 0.717) is 12.0 Å². The van der Waals surface area contributed by atoms with Gasteiger partial charge in [0, 0.05) is 6.04 Å². The Morgan fingerprint density at radius 3 is 2.61 bits per heavy atom. The first kappa shape index (κ1) is 16.7. The van der Waals surface area contributed by atoms with Crippen molar-refractivity contribution in [1.82, 2.24) is 15.1 Å². The second kappa shape index (κ2) is 7.58. The number of rotatable bonds is 7. The summed E-state index contributed by atoms with van der Waals surface area (Å²) in [5.41, 5.74) is 2.22. The van der Waals surface area contributed by atoms with Crippen LogP contribution in [-0.4, -0.2) is 32.8 Å². The number of aliphatic carboxylic acids is 1. The molecule has 0 radical (unpaired) electrons. The summed E-state index contributed by atoms with van der Waals surface area (Å²) in [4.78, 5) is 23.1. The molecule has 0 bridgehead atoms. The molecule has 0 fully saturated rings. The SMILES string of the molecule is CCCc1c(C(=O)NC(C)CC(=O)O)cnn1-c1ccccc1. The zero-order chi connectivity index (χ0) is 16.8. The summed E-state index contributed by atoms with van der Waals surface area (Å²) in [5, 5.41) is 15.8. The molecule has 1 amide bonds. The third-order valence-corrected chi connectivity index (χ3v) is 3.46. The molecular formula is C17H21N3O3. The zero-order valence-corrected chi connectivity index (χ0v) is 13.3. The van der Waals surface area contributed by atoms with Gasteiger partial charge in [0.2, 0.25) is 0 Å². The van der Waals surface area contributed by atoms with Crippen molar-refractivity contribution in [2.45, 2.75) is 39.2 Å². The molecule has 0 saturated carbocycles. The Balaban J connectivity index is 2.27. The molecule has 1 atom stereocenters. The van der Waals surface area contributed by atoms with E-state index in [4.69, 9.17) is 5.11 Å². The maximum Gasteiger partial charge on any atom is 0.305 e. The average molecular weight is 315 g/mol. The van der Waals surface area contributed by atoms with Gasteiger partial charge in [-0.3, -0.25) is 9.59 Å².